The highest BCUT2D eigenvalue weighted by atomic mass is 16.1. The summed E-state index contributed by atoms with van der Waals surface area (Å²) in [5, 5.41) is 11.8. The molecule has 1 aromatic heterocycles. The predicted molar refractivity (Wildman–Crippen MR) is 91.5 cm³/mol. The Kier molecular flexibility index (Phi) is 5.23. The first-order valence-corrected chi connectivity index (χ1v) is 7.89. The Morgan fingerprint density at radius 2 is 2.04 bits per heavy atom. The minimum Gasteiger partial charge on any atom is -0.352 e. The van der Waals surface area contributed by atoms with Crippen LogP contribution in [0.25, 0.3) is 0 Å². The molecule has 0 bridgehead atoms. The fourth-order valence-electron chi connectivity index (χ4n) is 3.04. The third-order valence-electron chi connectivity index (χ3n) is 4.04. The highest BCUT2D eigenvalue weighted by molar-refractivity contribution is 5.94. The lowest BCUT2D eigenvalue weighted by molar-refractivity contribution is 0.0954. The van der Waals surface area contributed by atoms with Crippen LogP contribution in [0.5, 0.6) is 0 Å². The van der Waals surface area contributed by atoms with E-state index < -0.39 is 0 Å². The number of benzene rings is 1. The van der Waals surface area contributed by atoms with Crippen molar-refractivity contribution in [1.29, 1.82) is 5.26 Å². The van der Waals surface area contributed by atoms with Crippen LogP contribution in [0, 0.1) is 25.2 Å². The van der Waals surface area contributed by atoms with E-state index in [-0.39, 0.29) is 5.91 Å². The molecule has 1 aromatic carbocycles. The lowest BCUT2D eigenvalue weighted by Crippen LogP contribution is -2.25. The Balaban J connectivity index is 1.99. The molecule has 0 unspecified atom stereocenters. The molecule has 4 nitrogen and oxygen atoms in total. The number of carbonyl (C=O) groups excluding carboxylic acids is 1. The Morgan fingerprint density at radius 3 is 2.65 bits per heavy atom. The number of aromatic nitrogens is 1. The van der Waals surface area contributed by atoms with Crippen molar-refractivity contribution in [2.24, 2.45) is 0 Å². The normalized spacial score (nSPS) is 10.6. The number of nitrogens with one attached hydrogen (secondary N) is 1. The lowest BCUT2D eigenvalue weighted by atomic mass is 10.1. The minimum absolute atomic E-state index is 0.139. The van der Waals surface area contributed by atoms with E-state index in [0.717, 1.165) is 6.42 Å². The summed E-state index contributed by atoms with van der Waals surface area (Å²) >= 11 is 0. The van der Waals surface area contributed by atoms with E-state index >= 15 is 0 Å². The van der Waals surface area contributed by atoms with Gasteiger partial charge in [-0.3, -0.25) is 4.79 Å². The summed E-state index contributed by atoms with van der Waals surface area (Å²) in [7, 11) is 0. The van der Waals surface area contributed by atoms with Crippen molar-refractivity contribution < 1.29 is 4.79 Å². The smallest absolute Gasteiger partial charge is 0.251 e. The van der Waals surface area contributed by atoms with Crippen molar-refractivity contribution in [3.8, 4) is 6.07 Å². The minimum atomic E-state index is -0.139. The zero-order chi connectivity index (χ0) is 17.0. The fraction of sp³-hybridized carbons (Fsp3) is 0.368. The molecule has 4 heteroatoms. The van der Waals surface area contributed by atoms with Crippen molar-refractivity contribution in [3.05, 3.63) is 58.4 Å². The van der Waals surface area contributed by atoms with Crippen LogP contribution >= 0.6 is 0 Å². The SMILES string of the molecule is Cc1cc(CCNC(=O)c2cccc(C#N)c2)c(C)n1C(C)C. The van der Waals surface area contributed by atoms with Crippen LogP contribution in [0.4, 0.5) is 0 Å². The molecule has 0 spiro atoms. The molecule has 120 valence electrons. The summed E-state index contributed by atoms with van der Waals surface area (Å²) in [6, 6.07) is 11.4. The second-order valence-electron chi connectivity index (χ2n) is 6.06. The molecule has 2 rings (SSSR count). The van der Waals surface area contributed by atoms with E-state index in [1.165, 1.54) is 17.0 Å². The molecule has 1 amide bonds. The number of amides is 1. The maximum absolute atomic E-state index is 12.1. The highest BCUT2D eigenvalue weighted by Crippen LogP contribution is 2.20. The van der Waals surface area contributed by atoms with Gasteiger partial charge in [0.25, 0.3) is 5.91 Å². The first-order valence-electron chi connectivity index (χ1n) is 7.89. The van der Waals surface area contributed by atoms with Gasteiger partial charge in [0, 0.05) is 29.5 Å². The number of hydrogen-bond acceptors (Lipinski definition) is 2. The summed E-state index contributed by atoms with van der Waals surface area (Å²) in [6.07, 6.45) is 0.802. The monoisotopic (exact) mass is 309 g/mol. The Hall–Kier alpha value is -2.54. The van der Waals surface area contributed by atoms with Gasteiger partial charge in [0.2, 0.25) is 0 Å². The molecule has 0 aliphatic rings. The third-order valence-corrected chi connectivity index (χ3v) is 4.04. The quantitative estimate of drug-likeness (QED) is 0.918. The molecule has 2 aromatic rings. The standard InChI is InChI=1S/C19H23N3O/c1-13(2)22-14(3)10-17(15(22)4)8-9-21-19(23)18-7-5-6-16(11-18)12-20/h5-7,10-11,13H,8-9H2,1-4H3,(H,21,23). The van der Waals surface area contributed by atoms with Crippen molar-refractivity contribution in [1.82, 2.24) is 9.88 Å². The molecule has 0 aliphatic carbocycles. The number of nitrogens with zero attached hydrogens (tertiary/aromatic N) is 2. The molecule has 0 radical (unpaired) electrons. The van der Waals surface area contributed by atoms with Gasteiger partial charge < -0.3 is 9.88 Å². The van der Waals surface area contributed by atoms with E-state index in [1.54, 1.807) is 24.3 Å². The van der Waals surface area contributed by atoms with Gasteiger partial charge in [-0.15, -0.1) is 0 Å². The maximum Gasteiger partial charge on any atom is 0.251 e. The largest absolute Gasteiger partial charge is 0.352 e. The summed E-state index contributed by atoms with van der Waals surface area (Å²) in [5.41, 5.74) is 4.80. The Labute approximate surface area is 137 Å². The zero-order valence-corrected chi connectivity index (χ0v) is 14.2. The molecule has 0 aliphatic heterocycles. The number of rotatable bonds is 5. The van der Waals surface area contributed by atoms with E-state index in [2.05, 4.69) is 43.6 Å². The van der Waals surface area contributed by atoms with Crippen molar-refractivity contribution >= 4 is 5.91 Å². The maximum atomic E-state index is 12.1. The van der Waals surface area contributed by atoms with Crippen molar-refractivity contribution in [3.63, 3.8) is 0 Å². The van der Waals surface area contributed by atoms with Gasteiger partial charge >= 0.3 is 0 Å². The number of carbonyl (C=O) groups is 1. The second kappa shape index (κ2) is 7.15. The Bertz CT molecular complexity index is 750. The number of nitriles is 1. The molecular weight excluding hydrogens is 286 g/mol. The van der Waals surface area contributed by atoms with Crippen LogP contribution < -0.4 is 5.32 Å². The van der Waals surface area contributed by atoms with Gasteiger partial charge in [0.15, 0.2) is 0 Å². The molecule has 0 saturated heterocycles. The number of hydrogen-bond donors (Lipinski definition) is 1. The fourth-order valence-corrected chi connectivity index (χ4v) is 3.04. The second-order valence-corrected chi connectivity index (χ2v) is 6.06. The van der Waals surface area contributed by atoms with Gasteiger partial charge in [-0.1, -0.05) is 6.07 Å². The Morgan fingerprint density at radius 1 is 1.30 bits per heavy atom. The average molecular weight is 309 g/mol. The summed E-state index contributed by atoms with van der Waals surface area (Å²) in [6.45, 7) is 9.17. The molecule has 0 saturated carbocycles. The molecule has 0 fully saturated rings. The zero-order valence-electron chi connectivity index (χ0n) is 14.2. The van der Waals surface area contributed by atoms with Gasteiger partial charge in [0.1, 0.15) is 0 Å². The van der Waals surface area contributed by atoms with Gasteiger partial charge in [-0.25, -0.2) is 0 Å². The summed E-state index contributed by atoms with van der Waals surface area (Å²) in [5.74, 6) is -0.139. The first-order chi connectivity index (χ1) is 10.9. The average Bonchev–Trinajstić information content (AvgIpc) is 2.81. The molecule has 23 heavy (non-hydrogen) atoms. The first kappa shape index (κ1) is 16.8. The van der Waals surface area contributed by atoms with Crippen molar-refractivity contribution in [2.45, 2.75) is 40.2 Å². The van der Waals surface area contributed by atoms with Gasteiger partial charge in [0.05, 0.1) is 11.6 Å². The van der Waals surface area contributed by atoms with Gasteiger partial charge in [-0.2, -0.15) is 5.26 Å². The molecule has 0 atom stereocenters. The van der Waals surface area contributed by atoms with Crippen LogP contribution in [-0.4, -0.2) is 17.0 Å². The van der Waals surface area contributed by atoms with Crippen LogP contribution in [0.2, 0.25) is 0 Å². The number of aryl methyl sites for hydroxylation is 1. The van der Waals surface area contributed by atoms with E-state index in [1.807, 2.05) is 6.07 Å². The highest BCUT2D eigenvalue weighted by Gasteiger charge is 2.12. The summed E-state index contributed by atoms with van der Waals surface area (Å²) < 4.78 is 2.31. The lowest BCUT2D eigenvalue weighted by Gasteiger charge is -2.14. The third kappa shape index (κ3) is 3.81. The summed E-state index contributed by atoms with van der Waals surface area (Å²) in [4.78, 5) is 12.1. The van der Waals surface area contributed by atoms with Crippen LogP contribution in [0.3, 0.4) is 0 Å². The van der Waals surface area contributed by atoms with E-state index in [4.69, 9.17) is 5.26 Å². The van der Waals surface area contributed by atoms with E-state index in [9.17, 15) is 4.79 Å². The van der Waals surface area contributed by atoms with Crippen LogP contribution in [-0.2, 0) is 6.42 Å². The van der Waals surface area contributed by atoms with E-state index in [0.29, 0.717) is 23.7 Å². The van der Waals surface area contributed by atoms with Crippen molar-refractivity contribution in [2.75, 3.05) is 6.54 Å². The molecule has 1 heterocycles. The van der Waals surface area contributed by atoms with Crippen LogP contribution in [0.15, 0.2) is 30.3 Å². The topological polar surface area (TPSA) is 57.8 Å². The van der Waals surface area contributed by atoms with Gasteiger partial charge in [-0.05, 0) is 63.9 Å². The molecular formula is C19H23N3O. The van der Waals surface area contributed by atoms with Crippen LogP contribution in [0.1, 0.15) is 52.8 Å². The predicted octanol–water partition coefficient (Wildman–Crippen LogP) is 3.53. The molecule has 1 N–H and O–H groups in total.